The van der Waals surface area contributed by atoms with E-state index in [4.69, 9.17) is 25.9 Å². The van der Waals surface area contributed by atoms with Crippen LogP contribution in [0.5, 0.6) is 11.5 Å². The molecule has 6 rings (SSSR count). The molecule has 2 unspecified atom stereocenters. The van der Waals surface area contributed by atoms with Crippen LogP contribution in [0.25, 0.3) is 0 Å². The first-order chi connectivity index (χ1) is 19.5. The van der Waals surface area contributed by atoms with Gasteiger partial charge in [0.2, 0.25) is 0 Å². The molecule has 2 heterocycles. The van der Waals surface area contributed by atoms with Gasteiger partial charge in [0.05, 0.1) is 16.8 Å². The second kappa shape index (κ2) is 11.0. The fraction of sp³-hybridized carbons (Fsp3) is 0.182. The summed E-state index contributed by atoms with van der Waals surface area (Å²) in [5, 5.41) is 4.84. The number of hydrogen-bond acceptors (Lipinski definition) is 6. The molecule has 0 radical (unpaired) electrons. The summed E-state index contributed by atoms with van der Waals surface area (Å²) in [7, 11) is 0. The lowest BCUT2D eigenvalue weighted by molar-refractivity contribution is 0.0465. The molecule has 4 aromatic carbocycles. The number of nitrogens with zero attached hydrogens (tertiary/aromatic N) is 1. The molecular weight excluding hydrogens is 526 g/mol. The minimum absolute atomic E-state index is 0.152. The molecule has 0 aromatic heterocycles. The number of oxime groups is 1. The normalized spacial score (nSPS) is 17.4. The van der Waals surface area contributed by atoms with Crippen LogP contribution in [-0.2, 0) is 11.3 Å². The molecule has 0 fully saturated rings. The number of carbonyl (C=O) groups is 2. The second-order valence-corrected chi connectivity index (χ2v) is 10.3. The van der Waals surface area contributed by atoms with Gasteiger partial charge in [-0.05, 0) is 19.1 Å². The summed E-state index contributed by atoms with van der Waals surface area (Å²) in [4.78, 5) is 33.1. The van der Waals surface area contributed by atoms with Crippen molar-refractivity contribution in [1.82, 2.24) is 0 Å². The maximum Gasteiger partial charge on any atom is 0.196 e. The third-order valence-corrected chi connectivity index (χ3v) is 7.36. The van der Waals surface area contributed by atoms with E-state index in [1.54, 1.807) is 30.3 Å². The molecule has 0 saturated heterocycles. The van der Waals surface area contributed by atoms with Crippen LogP contribution in [0.1, 0.15) is 56.3 Å². The molecule has 200 valence electrons. The van der Waals surface area contributed by atoms with Crippen LogP contribution < -0.4 is 9.47 Å². The minimum atomic E-state index is -0.369. The third-order valence-electron chi connectivity index (χ3n) is 7.03. The van der Waals surface area contributed by atoms with Crippen LogP contribution in [0.15, 0.2) is 96.2 Å². The lowest BCUT2D eigenvalue weighted by Crippen LogP contribution is -2.20. The first-order valence-corrected chi connectivity index (χ1v) is 13.5. The Morgan fingerprint density at radius 1 is 0.875 bits per heavy atom. The number of hydrogen-bond donors (Lipinski definition) is 0. The van der Waals surface area contributed by atoms with Crippen molar-refractivity contribution in [2.24, 2.45) is 5.16 Å². The lowest BCUT2D eigenvalue weighted by Gasteiger charge is -2.18. The van der Waals surface area contributed by atoms with E-state index in [1.807, 2.05) is 67.6 Å². The van der Waals surface area contributed by atoms with Gasteiger partial charge < -0.3 is 14.3 Å². The predicted octanol–water partition coefficient (Wildman–Crippen LogP) is 6.70. The maximum atomic E-state index is 13.8. The number of ether oxygens (including phenoxy) is 2. The molecule has 2 aliphatic heterocycles. The van der Waals surface area contributed by atoms with Crippen molar-refractivity contribution < 1.29 is 23.9 Å². The molecule has 0 N–H and O–H groups in total. The maximum absolute atomic E-state index is 13.8. The Labute approximate surface area is 237 Å². The highest BCUT2D eigenvalue weighted by atomic mass is 35.5. The quantitative estimate of drug-likeness (QED) is 0.228. The average molecular weight is 552 g/mol. The van der Waals surface area contributed by atoms with Crippen LogP contribution in [0.2, 0.25) is 5.02 Å². The van der Waals surface area contributed by atoms with Gasteiger partial charge in [0.15, 0.2) is 17.7 Å². The Bertz CT molecular complexity index is 1620. The third kappa shape index (κ3) is 4.98. The van der Waals surface area contributed by atoms with Gasteiger partial charge in [0, 0.05) is 40.1 Å². The topological polar surface area (TPSA) is 74.2 Å². The van der Waals surface area contributed by atoms with Gasteiger partial charge in [-0.3, -0.25) is 9.59 Å². The van der Waals surface area contributed by atoms with Crippen molar-refractivity contribution in [3.63, 3.8) is 0 Å². The number of benzene rings is 4. The Morgan fingerprint density at radius 2 is 1.50 bits per heavy atom. The van der Waals surface area contributed by atoms with Gasteiger partial charge >= 0.3 is 0 Å². The molecule has 0 aliphatic carbocycles. The zero-order valence-electron chi connectivity index (χ0n) is 21.8. The van der Waals surface area contributed by atoms with Crippen molar-refractivity contribution in [3.8, 4) is 11.5 Å². The molecule has 0 spiro atoms. The summed E-state index contributed by atoms with van der Waals surface area (Å²) in [6, 6.07) is 27.0. The fourth-order valence-electron chi connectivity index (χ4n) is 5.09. The number of fused-ring (bicyclic) bond motifs is 1. The highest BCUT2D eigenvalue weighted by Crippen LogP contribution is 2.43. The van der Waals surface area contributed by atoms with Crippen molar-refractivity contribution >= 4 is 28.9 Å². The average Bonchev–Trinajstić information content (AvgIpc) is 3.62. The summed E-state index contributed by atoms with van der Waals surface area (Å²) in [6.07, 6.45) is 0.458. The van der Waals surface area contributed by atoms with Crippen molar-refractivity contribution in [1.29, 1.82) is 0 Å². The van der Waals surface area contributed by atoms with Crippen LogP contribution in [0.3, 0.4) is 0 Å². The summed E-state index contributed by atoms with van der Waals surface area (Å²) in [6.45, 7) is 2.09. The SMILES string of the molecule is CC1Cc2c(OCC3CC(c4ccccc4Cl)=NO3)c(C(=O)c3ccccc3)cc(C(=O)c3ccccc3)c2O1. The van der Waals surface area contributed by atoms with Crippen LogP contribution in [0.4, 0.5) is 0 Å². The minimum Gasteiger partial charge on any atom is -0.489 e. The van der Waals surface area contributed by atoms with Crippen molar-refractivity contribution in [2.75, 3.05) is 6.61 Å². The van der Waals surface area contributed by atoms with Gasteiger partial charge in [-0.2, -0.15) is 0 Å². The van der Waals surface area contributed by atoms with E-state index in [0.717, 1.165) is 11.3 Å². The predicted molar refractivity (Wildman–Crippen MR) is 153 cm³/mol. The van der Waals surface area contributed by atoms with E-state index in [-0.39, 0.29) is 30.4 Å². The Balaban J connectivity index is 1.36. The van der Waals surface area contributed by atoms with Crippen molar-refractivity contribution in [2.45, 2.75) is 32.0 Å². The summed E-state index contributed by atoms with van der Waals surface area (Å²) in [5.74, 6) is 0.422. The molecule has 40 heavy (non-hydrogen) atoms. The zero-order chi connectivity index (χ0) is 27.6. The van der Waals surface area contributed by atoms with E-state index in [9.17, 15) is 9.59 Å². The monoisotopic (exact) mass is 551 g/mol. The van der Waals surface area contributed by atoms with Gasteiger partial charge in [-0.15, -0.1) is 0 Å². The molecule has 2 aliphatic rings. The van der Waals surface area contributed by atoms with Crippen LogP contribution in [0, 0.1) is 0 Å². The number of ketones is 2. The molecule has 7 heteroatoms. The largest absolute Gasteiger partial charge is 0.489 e. The molecule has 2 atom stereocenters. The number of halogens is 1. The van der Waals surface area contributed by atoms with E-state index in [0.29, 0.717) is 57.2 Å². The fourth-order valence-corrected chi connectivity index (χ4v) is 5.34. The number of carbonyl (C=O) groups excluding carboxylic acids is 2. The highest BCUT2D eigenvalue weighted by Gasteiger charge is 2.34. The molecular formula is C33H26ClNO5. The first-order valence-electron chi connectivity index (χ1n) is 13.2. The van der Waals surface area contributed by atoms with Gasteiger partial charge in [0.1, 0.15) is 24.2 Å². The van der Waals surface area contributed by atoms with Gasteiger partial charge in [-0.25, -0.2) is 0 Å². The van der Waals surface area contributed by atoms with Gasteiger partial charge in [0.25, 0.3) is 0 Å². The smallest absolute Gasteiger partial charge is 0.196 e. The first kappa shape index (κ1) is 25.8. The highest BCUT2D eigenvalue weighted by molar-refractivity contribution is 6.34. The summed E-state index contributed by atoms with van der Waals surface area (Å²) < 4.78 is 12.5. The van der Waals surface area contributed by atoms with Crippen molar-refractivity contribution in [3.05, 3.63) is 129 Å². The zero-order valence-corrected chi connectivity index (χ0v) is 22.6. The molecule has 0 saturated carbocycles. The Morgan fingerprint density at radius 3 is 2.17 bits per heavy atom. The molecule has 4 aromatic rings. The van der Waals surface area contributed by atoms with E-state index in [1.165, 1.54) is 0 Å². The van der Waals surface area contributed by atoms with E-state index in [2.05, 4.69) is 5.16 Å². The van der Waals surface area contributed by atoms with E-state index >= 15 is 0 Å². The van der Waals surface area contributed by atoms with Gasteiger partial charge in [-0.1, -0.05) is 95.6 Å². The molecule has 0 amide bonds. The summed E-state index contributed by atoms with van der Waals surface area (Å²) in [5.41, 5.74) is 3.94. The van der Waals surface area contributed by atoms with Crippen LogP contribution >= 0.6 is 11.6 Å². The lowest BCUT2D eigenvalue weighted by atomic mass is 9.92. The number of rotatable bonds is 8. The molecule has 6 nitrogen and oxygen atoms in total. The Hall–Kier alpha value is -4.42. The molecule has 0 bridgehead atoms. The summed E-state index contributed by atoms with van der Waals surface area (Å²) >= 11 is 6.35. The second-order valence-electron chi connectivity index (χ2n) is 9.89. The standard InChI is InChI=1S/C33H26ClNO5/c1-20-16-27-32(38-19-23-17-29(35-40-23)24-14-8-9-15-28(24)34)25(30(36)21-10-4-2-5-11-21)18-26(33(27)39-20)31(37)22-12-6-3-7-13-22/h2-15,18,20,23H,16-17,19H2,1H3. The van der Waals surface area contributed by atoms with Crippen LogP contribution in [-0.4, -0.2) is 36.1 Å². The Kier molecular flexibility index (Phi) is 7.10. The van der Waals surface area contributed by atoms with E-state index < -0.39 is 0 Å².